The highest BCUT2D eigenvalue weighted by Gasteiger charge is 2.39. The molecule has 0 bridgehead atoms. The van der Waals surface area contributed by atoms with Crippen LogP contribution in [0.15, 0.2) is 65.7 Å². The molecule has 50 heavy (non-hydrogen) atoms. The van der Waals surface area contributed by atoms with Crippen LogP contribution in [0.2, 0.25) is 0 Å². The number of ether oxygens (including phenoxy) is 1. The average molecular weight is 710 g/mol. The van der Waals surface area contributed by atoms with Crippen molar-refractivity contribution < 1.29 is 60.8 Å². The van der Waals surface area contributed by atoms with E-state index < -0.39 is 30.3 Å². The topological polar surface area (TPSA) is 151 Å². The predicted molar refractivity (Wildman–Crippen MR) is 170 cm³/mol. The van der Waals surface area contributed by atoms with E-state index in [0.717, 1.165) is 57.5 Å². The number of hydrogen-bond acceptors (Lipinski definition) is 6. The van der Waals surface area contributed by atoms with Gasteiger partial charge in [0.1, 0.15) is 12.4 Å². The van der Waals surface area contributed by atoms with E-state index in [-0.39, 0.29) is 5.54 Å². The molecule has 0 spiro atoms. The molecule has 0 fully saturated rings. The van der Waals surface area contributed by atoms with Crippen molar-refractivity contribution in [2.75, 3.05) is 6.61 Å². The number of aliphatic imine (C=N–C) groups is 1. The number of carbonyl (C=O) groups is 3. The van der Waals surface area contributed by atoms with Crippen LogP contribution in [-0.2, 0) is 27.3 Å². The van der Waals surface area contributed by atoms with E-state index in [2.05, 4.69) is 56.5 Å². The van der Waals surface area contributed by atoms with E-state index in [1.807, 2.05) is 24.3 Å². The van der Waals surface area contributed by atoms with Crippen molar-refractivity contribution in [3.8, 4) is 11.1 Å². The summed E-state index contributed by atoms with van der Waals surface area (Å²) in [6, 6.07) is 19.5. The number of aliphatic carboxylic acids is 2. The number of halogens is 6. The number of rotatable bonds is 7. The molecule has 3 N–H and O–H groups in total. The van der Waals surface area contributed by atoms with E-state index in [1.165, 1.54) is 0 Å². The van der Waals surface area contributed by atoms with E-state index in [9.17, 15) is 36.2 Å². The minimum Gasteiger partial charge on any atom is -0.478 e. The number of nitrogens with zero attached hydrogens (tertiary/aromatic N) is 3. The number of benzene rings is 3. The summed E-state index contributed by atoms with van der Waals surface area (Å²) in [7, 11) is 0. The van der Waals surface area contributed by atoms with Gasteiger partial charge in [-0.25, -0.2) is 24.4 Å². The van der Waals surface area contributed by atoms with Gasteiger partial charge < -0.3 is 24.6 Å². The molecule has 0 aliphatic carbocycles. The molecular weight excluding hydrogens is 676 g/mol. The number of aromatic carboxylic acids is 1. The Morgan fingerprint density at radius 2 is 1.44 bits per heavy atom. The summed E-state index contributed by atoms with van der Waals surface area (Å²) in [5.41, 5.74) is 6.99. The predicted octanol–water partition coefficient (Wildman–Crippen LogP) is 7.53. The lowest BCUT2D eigenvalue weighted by Gasteiger charge is -2.12. The third kappa shape index (κ3) is 10.1. The summed E-state index contributed by atoms with van der Waals surface area (Å²) in [6.07, 6.45) is -8.28. The molecule has 0 unspecified atom stereocenters. The zero-order valence-corrected chi connectivity index (χ0v) is 27.2. The van der Waals surface area contributed by atoms with Crippen LogP contribution in [0, 0.1) is 6.92 Å². The molecule has 1 aliphatic heterocycles. The fourth-order valence-corrected chi connectivity index (χ4v) is 4.78. The van der Waals surface area contributed by atoms with Crippen LogP contribution >= 0.6 is 0 Å². The van der Waals surface area contributed by atoms with Crippen molar-refractivity contribution >= 4 is 34.8 Å². The second-order valence-electron chi connectivity index (χ2n) is 11.7. The molecular formula is C34H33F6N3O7. The van der Waals surface area contributed by atoms with Crippen molar-refractivity contribution in [1.29, 1.82) is 0 Å². The molecule has 0 atom stereocenters. The first-order valence-corrected chi connectivity index (χ1v) is 14.9. The van der Waals surface area contributed by atoms with Crippen LogP contribution in [0.4, 0.5) is 26.3 Å². The van der Waals surface area contributed by atoms with Crippen LogP contribution in [0.1, 0.15) is 60.1 Å². The molecule has 4 aromatic rings. The normalized spacial score (nSPS) is 13.7. The number of carboxylic acids is 3. The fraction of sp³-hybridized carbons (Fsp3) is 0.324. The average Bonchev–Trinajstić information content (AvgIpc) is 3.56. The first kappa shape index (κ1) is 39.0. The minimum atomic E-state index is -5.08. The lowest BCUT2D eigenvalue weighted by atomic mass is 9.98. The van der Waals surface area contributed by atoms with Gasteiger partial charge in [-0.3, -0.25) is 0 Å². The molecule has 268 valence electrons. The van der Waals surface area contributed by atoms with Gasteiger partial charge in [-0.2, -0.15) is 26.3 Å². The summed E-state index contributed by atoms with van der Waals surface area (Å²) in [5.74, 6) is -4.69. The Kier molecular flexibility index (Phi) is 12.0. The Morgan fingerprint density at radius 1 is 0.880 bits per heavy atom. The molecule has 1 aromatic heterocycles. The van der Waals surface area contributed by atoms with Gasteiger partial charge in [-0.15, -0.1) is 0 Å². The molecule has 10 nitrogen and oxygen atoms in total. The SMILES string of the molecule is CCCc1nc2c(C)cc(C3=NC(C)(C)CO3)cc2n1Cc1ccc(-c2ccccc2C(=O)O)cc1.O=C(O)C(F)(F)F.O=C(O)C(F)(F)F. The number of alkyl halides is 6. The Hall–Kier alpha value is -5.41. The summed E-state index contributed by atoms with van der Waals surface area (Å²) >= 11 is 0. The zero-order chi connectivity index (χ0) is 37.6. The van der Waals surface area contributed by atoms with E-state index in [1.54, 1.807) is 12.1 Å². The maximum atomic E-state index is 11.7. The number of imidazole rings is 1. The highest BCUT2D eigenvalue weighted by Crippen LogP contribution is 2.29. The smallest absolute Gasteiger partial charge is 0.478 e. The Balaban J connectivity index is 0.000000408. The second kappa shape index (κ2) is 15.4. The largest absolute Gasteiger partial charge is 0.490 e. The molecule has 2 heterocycles. The van der Waals surface area contributed by atoms with E-state index in [0.29, 0.717) is 24.6 Å². The van der Waals surface area contributed by atoms with Crippen LogP contribution in [0.3, 0.4) is 0 Å². The summed E-state index contributed by atoms with van der Waals surface area (Å²) < 4.78 is 71.7. The van der Waals surface area contributed by atoms with Gasteiger partial charge >= 0.3 is 30.3 Å². The van der Waals surface area contributed by atoms with Crippen molar-refractivity contribution in [2.24, 2.45) is 4.99 Å². The quantitative estimate of drug-likeness (QED) is 0.167. The maximum Gasteiger partial charge on any atom is 0.490 e. The summed E-state index contributed by atoms with van der Waals surface area (Å²) in [4.78, 5) is 39.2. The van der Waals surface area contributed by atoms with Gasteiger partial charge in [0.2, 0.25) is 5.90 Å². The zero-order valence-electron chi connectivity index (χ0n) is 27.2. The minimum absolute atomic E-state index is 0.215. The molecule has 16 heteroatoms. The molecule has 0 saturated carbocycles. The van der Waals surface area contributed by atoms with Gasteiger partial charge in [0.05, 0.1) is 22.1 Å². The number of hydrogen-bond donors (Lipinski definition) is 3. The van der Waals surface area contributed by atoms with Crippen LogP contribution in [0.25, 0.3) is 22.2 Å². The van der Waals surface area contributed by atoms with Crippen molar-refractivity contribution in [2.45, 2.75) is 65.0 Å². The van der Waals surface area contributed by atoms with Crippen molar-refractivity contribution in [3.63, 3.8) is 0 Å². The summed E-state index contributed by atoms with van der Waals surface area (Å²) in [5, 5.41) is 23.8. The van der Waals surface area contributed by atoms with Crippen LogP contribution < -0.4 is 0 Å². The van der Waals surface area contributed by atoms with Gasteiger partial charge in [-0.1, -0.05) is 49.4 Å². The number of aryl methyl sites for hydroxylation is 2. The number of fused-ring (bicyclic) bond motifs is 1. The molecule has 0 radical (unpaired) electrons. The molecule has 1 aliphatic rings. The number of carboxylic acid groups (broad SMARTS) is 3. The second-order valence-corrected chi connectivity index (χ2v) is 11.7. The molecule has 5 rings (SSSR count). The molecule has 3 aromatic carbocycles. The van der Waals surface area contributed by atoms with Gasteiger partial charge in [0.25, 0.3) is 0 Å². The summed E-state index contributed by atoms with van der Waals surface area (Å²) in [6.45, 7) is 9.67. The van der Waals surface area contributed by atoms with Gasteiger partial charge in [0.15, 0.2) is 0 Å². The molecule has 0 saturated heterocycles. The standard InChI is InChI=1S/C30H31N3O3.2C2HF3O2/c1-5-8-26-31-27-19(2)15-22(28-32-30(3,4)18-36-28)16-25(27)33(26)17-20-11-13-21(14-12-20)23-9-6-7-10-24(23)29(34)35;2*3-2(4,5)1(6)7/h6-7,9-16H,5,8,17-18H2,1-4H3,(H,34,35);2*(H,6,7). The first-order valence-electron chi connectivity index (χ1n) is 14.9. The lowest BCUT2D eigenvalue weighted by Crippen LogP contribution is -2.21. The highest BCUT2D eigenvalue weighted by molar-refractivity contribution is 5.99. The Bertz CT molecular complexity index is 1870. The van der Waals surface area contributed by atoms with Crippen molar-refractivity contribution in [3.05, 3.63) is 88.7 Å². The van der Waals surface area contributed by atoms with Gasteiger partial charge in [-0.05, 0) is 67.6 Å². The highest BCUT2D eigenvalue weighted by atomic mass is 19.4. The fourth-order valence-electron chi connectivity index (χ4n) is 4.78. The third-order valence-electron chi connectivity index (χ3n) is 7.06. The van der Waals surface area contributed by atoms with E-state index >= 15 is 0 Å². The van der Waals surface area contributed by atoms with Crippen molar-refractivity contribution in [1.82, 2.24) is 9.55 Å². The molecule has 0 amide bonds. The Labute approximate surface area is 281 Å². The number of aromatic nitrogens is 2. The van der Waals surface area contributed by atoms with Gasteiger partial charge in [0, 0.05) is 18.5 Å². The maximum absolute atomic E-state index is 11.7. The van der Waals surface area contributed by atoms with Crippen LogP contribution in [0.5, 0.6) is 0 Å². The Morgan fingerprint density at radius 3 is 1.92 bits per heavy atom. The lowest BCUT2D eigenvalue weighted by molar-refractivity contribution is -0.193. The monoisotopic (exact) mass is 709 g/mol. The first-order chi connectivity index (χ1) is 23.1. The van der Waals surface area contributed by atoms with Crippen LogP contribution in [-0.4, -0.2) is 73.2 Å². The third-order valence-corrected chi connectivity index (χ3v) is 7.06. The van der Waals surface area contributed by atoms with E-state index in [4.69, 9.17) is 34.5 Å².